The SMILES string of the molecule is CCC(C)NC(=O)C(CC)N(CCc1ccccc1)C(=O)CN(c1ccc(C)cc1)S(=O)(=O)c1ccccc1. The minimum absolute atomic E-state index is 0.0415. The lowest BCUT2D eigenvalue weighted by atomic mass is 10.1. The van der Waals surface area contributed by atoms with Gasteiger partial charge >= 0.3 is 0 Å². The molecule has 0 heterocycles. The van der Waals surface area contributed by atoms with Crippen molar-refractivity contribution < 1.29 is 18.0 Å². The second kappa shape index (κ2) is 13.9. The van der Waals surface area contributed by atoms with Crippen molar-refractivity contribution in [3.05, 3.63) is 96.1 Å². The number of nitrogens with one attached hydrogen (secondary N) is 1. The molecule has 7 nitrogen and oxygen atoms in total. The molecule has 2 atom stereocenters. The maximum atomic E-state index is 14.0. The summed E-state index contributed by atoms with van der Waals surface area (Å²) < 4.78 is 28.7. The van der Waals surface area contributed by atoms with Crippen molar-refractivity contribution in [1.29, 1.82) is 0 Å². The first-order chi connectivity index (χ1) is 18.7. The molecule has 2 unspecified atom stereocenters. The van der Waals surface area contributed by atoms with Gasteiger partial charge in [-0.2, -0.15) is 0 Å². The van der Waals surface area contributed by atoms with Crippen molar-refractivity contribution in [2.24, 2.45) is 0 Å². The van der Waals surface area contributed by atoms with Gasteiger partial charge in [-0.1, -0.05) is 80.1 Å². The van der Waals surface area contributed by atoms with Gasteiger partial charge in [0.05, 0.1) is 10.6 Å². The van der Waals surface area contributed by atoms with Gasteiger partial charge in [-0.05, 0) is 62.9 Å². The van der Waals surface area contributed by atoms with E-state index in [1.807, 2.05) is 70.2 Å². The van der Waals surface area contributed by atoms with E-state index >= 15 is 0 Å². The molecule has 3 rings (SSSR count). The highest BCUT2D eigenvalue weighted by atomic mass is 32.2. The van der Waals surface area contributed by atoms with E-state index in [9.17, 15) is 18.0 Å². The Kier molecular flexibility index (Phi) is 10.7. The third kappa shape index (κ3) is 7.93. The highest BCUT2D eigenvalue weighted by molar-refractivity contribution is 7.92. The number of benzene rings is 3. The van der Waals surface area contributed by atoms with Crippen LogP contribution in [0.25, 0.3) is 0 Å². The highest BCUT2D eigenvalue weighted by Gasteiger charge is 2.33. The van der Waals surface area contributed by atoms with E-state index in [0.29, 0.717) is 18.5 Å². The van der Waals surface area contributed by atoms with Crippen LogP contribution in [0.3, 0.4) is 0 Å². The van der Waals surface area contributed by atoms with Gasteiger partial charge in [0, 0.05) is 12.6 Å². The maximum Gasteiger partial charge on any atom is 0.264 e. The minimum Gasteiger partial charge on any atom is -0.352 e. The van der Waals surface area contributed by atoms with Crippen LogP contribution in [0.1, 0.15) is 44.7 Å². The number of carbonyl (C=O) groups excluding carboxylic acids is 2. The Labute approximate surface area is 232 Å². The van der Waals surface area contributed by atoms with Crippen molar-refractivity contribution >= 4 is 27.5 Å². The predicted octanol–water partition coefficient (Wildman–Crippen LogP) is 4.95. The summed E-state index contributed by atoms with van der Waals surface area (Å²) in [5.74, 6) is -0.668. The van der Waals surface area contributed by atoms with E-state index in [1.54, 1.807) is 30.3 Å². The lowest BCUT2D eigenvalue weighted by Gasteiger charge is -2.33. The first kappa shape index (κ1) is 29.9. The van der Waals surface area contributed by atoms with E-state index in [1.165, 1.54) is 17.0 Å². The summed E-state index contributed by atoms with van der Waals surface area (Å²) in [5, 5.41) is 3.00. The van der Waals surface area contributed by atoms with Gasteiger partial charge in [-0.3, -0.25) is 13.9 Å². The highest BCUT2D eigenvalue weighted by Crippen LogP contribution is 2.25. The van der Waals surface area contributed by atoms with E-state index in [0.717, 1.165) is 21.9 Å². The lowest BCUT2D eigenvalue weighted by Crippen LogP contribution is -2.54. The van der Waals surface area contributed by atoms with Crippen LogP contribution in [0.4, 0.5) is 5.69 Å². The van der Waals surface area contributed by atoms with E-state index in [4.69, 9.17) is 0 Å². The van der Waals surface area contributed by atoms with Crippen LogP contribution in [-0.4, -0.2) is 50.3 Å². The fourth-order valence-electron chi connectivity index (χ4n) is 4.30. The van der Waals surface area contributed by atoms with E-state index in [2.05, 4.69) is 5.32 Å². The molecule has 3 aromatic rings. The summed E-state index contributed by atoms with van der Waals surface area (Å²) >= 11 is 0. The third-order valence-electron chi connectivity index (χ3n) is 6.80. The monoisotopic (exact) mass is 549 g/mol. The minimum atomic E-state index is -4.05. The van der Waals surface area contributed by atoms with Crippen LogP contribution in [0.5, 0.6) is 0 Å². The second-order valence-corrected chi connectivity index (χ2v) is 11.6. The van der Waals surface area contributed by atoms with Gasteiger partial charge in [0.2, 0.25) is 11.8 Å². The number of aryl methyl sites for hydroxylation is 1. The molecule has 8 heteroatoms. The zero-order valence-electron chi connectivity index (χ0n) is 23.2. The molecule has 0 aliphatic heterocycles. The van der Waals surface area contributed by atoms with Gasteiger partial charge in [-0.25, -0.2) is 8.42 Å². The smallest absolute Gasteiger partial charge is 0.264 e. The van der Waals surface area contributed by atoms with Crippen molar-refractivity contribution in [2.75, 3.05) is 17.4 Å². The molecule has 3 aromatic carbocycles. The molecule has 0 radical (unpaired) electrons. The summed E-state index contributed by atoms with van der Waals surface area (Å²) in [7, 11) is -4.05. The Bertz CT molecular complexity index is 1310. The molecular formula is C31H39N3O4S. The van der Waals surface area contributed by atoms with Crippen molar-refractivity contribution in [3.8, 4) is 0 Å². The predicted molar refractivity (Wildman–Crippen MR) is 156 cm³/mol. The van der Waals surface area contributed by atoms with E-state index < -0.39 is 28.5 Å². The lowest BCUT2D eigenvalue weighted by molar-refractivity contribution is -0.139. The number of carbonyl (C=O) groups is 2. The number of nitrogens with zero attached hydrogens (tertiary/aromatic N) is 2. The number of anilines is 1. The van der Waals surface area contributed by atoms with Crippen molar-refractivity contribution in [2.45, 2.75) is 63.9 Å². The summed E-state index contributed by atoms with van der Waals surface area (Å²) in [5.41, 5.74) is 2.39. The van der Waals surface area contributed by atoms with Crippen molar-refractivity contribution in [3.63, 3.8) is 0 Å². The summed E-state index contributed by atoms with van der Waals surface area (Å²) in [6.45, 7) is 7.54. The van der Waals surface area contributed by atoms with Gasteiger partial charge in [-0.15, -0.1) is 0 Å². The molecular weight excluding hydrogens is 510 g/mol. The Morgan fingerprint density at radius 2 is 1.44 bits per heavy atom. The molecule has 208 valence electrons. The molecule has 0 bridgehead atoms. The molecule has 0 fully saturated rings. The van der Waals surface area contributed by atoms with Crippen molar-refractivity contribution in [1.82, 2.24) is 10.2 Å². The first-order valence-electron chi connectivity index (χ1n) is 13.5. The van der Waals surface area contributed by atoms with E-state index in [-0.39, 0.29) is 23.4 Å². The number of sulfonamides is 1. The molecule has 2 amide bonds. The quantitative estimate of drug-likeness (QED) is 0.327. The first-order valence-corrected chi connectivity index (χ1v) is 14.9. The van der Waals surface area contributed by atoms with Crippen LogP contribution in [0, 0.1) is 6.92 Å². The molecule has 39 heavy (non-hydrogen) atoms. The zero-order valence-corrected chi connectivity index (χ0v) is 24.0. The number of hydrogen-bond acceptors (Lipinski definition) is 4. The molecule has 0 spiro atoms. The molecule has 0 saturated carbocycles. The fourth-order valence-corrected chi connectivity index (χ4v) is 5.73. The van der Waals surface area contributed by atoms with Gasteiger partial charge in [0.25, 0.3) is 10.0 Å². The Balaban J connectivity index is 1.99. The summed E-state index contributed by atoms with van der Waals surface area (Å²) in [6.07, 6.45) is 1.70. The number of hydrogen-bond donors (Lipinski definition) is 1. The zero-order chi connectivity index (χ0) is 28.4. The summed E-state index contributed by atoms with van der Waals surface area (Å²) in [6, 6.07) is 24.1. The molecule has 0 aromatic heterocycles. The molecule has 1 N–H and O–H groups in total. The van der Waals surface area contributed by atoms with Crippen LogP contribution in [0.2, 0.25) is 0 Å². The molecule has 0 saturated heterocycles. The number of amides is 2. The van der Waals surface area contributed by atoms with Crippen LogP contribution in [0.15, 0.2) is 89.8 Å². The van der Waals surface area contributed by atoms with Crippen LogP contribution >= 0.6 is 0 Å². The largest absolute Gasteiger partial charge is 0.352 e. The molecule has 0 aliphatic rings. The third-order valence-corrected chi connectivity index (χ3v) is 8.59. The van der Waals surface area contributed by atoms with Gasteiger partial charge in [0.15, 0.2) is 0 Å². The number of rotatable bonds is 13. The average molecular weight is 550 g/mol. The Morgan fingerprint density at radius 1 is 0.846 bits per heavy atom. The normalized spacial score (nSPS) is 12.8. The van der Waals surface area contributed by atoms with Crippen LogP contribution in [-0.2, 0) is 26.0 Å². The Hall–Kier alpha value is -3.65. The second-order valence-electron chi connectivity index (χ2n) is 9.72. The fraction of sp³-hybridized carbons (Fsp3) is 0.355. The average Bonchev–Trinajstić information content (AvgIpc) is 2.95. The molecule has 0 aliphatic carbocycles. The maximum absolute atomic E-state index is 14.0. The van der Waals surface area contributed by atoms with Gasteiger partial charge < -0.3 is 10.2 Å². The van der Waals surface area contributed by atoms with Crippen LogP contribution < -0.4 is 9.62 Å². The van der Waals surface area contributed by atoms with Gasteiger partial charge in [0.1, 0.15) is 12.6 Å². The summed E-state index contributed by atoms with van der Waals surface area (Å²) in [4.78, 5) is 28.9. The topological polar surface area (TPSA) is 86.8 Å². The Morgan fingerprint density at radius 3 is 2.00 bits per heavy atom. The standard InChI is InChI=1S/C31H39N3O4S/c1-5-25(4)32-31(36)29(6-2)33(22-21-26-13-9-7-10-14-26)30(35)23-34(27-19-17-24(3)18-20-27)39(37,38)28-15-11-8-12-16-28/h7-20,25,29H,5-6,21-23H2,1-4H3,(H,32,36).